The lowest BCUT2D eigenvalue weighted by atomic mass is 10.1. The largest absolute Gasteiger partial charge is 0.480 e. The molecule has 0 radical (unpaired) electrons. The fraction of sp³-hybridized carbons (Fsp3) is 0.424. The van der Waals surface area contributed by atoms with Gasteiger partial charge in [-0.2, -0.15) is 83.3 Å². The lowest BCUT2D eigenvalue weighted by molar-refractivity contribution is -0.144. The van der Waals surface area contributed by atoms with E-state index in [9.17, 15) is 80.6 Å². The smallest absolute Gasteiger partial charge is 0.435 e. The van der Waals surface area contributed by atoms with E-state index in [1.54, 1.807) is 49.0 Å². The highest BCUT2D eigenvalue weighted by Crippen LogP contribution is 2.35. The predicted molar refractivity (Wildman–Crippen MR) is 316 cm³/mol. The minimum absolute atomic E-state index is 0.164. The normalized spacial score (nSPS) is 14.1. The van der Waals surface area contributed by atoms with Gasteiger partial charge in [-0.05, 0) is 168 Å². The second-order valence-corrected chi connectivity index (χ2v) is 22.4. The van der Waals surface area contributed by atoms with Crippen molar-refractivity contribution in [2.45, 2.75) is 143 Å². The van der Waals surface area contributed by atoms with Gasteiger partial charge in [0, 0.05) is 35.9 Å². The molecule has 20 nitrogen and oxygen atoms in total. The number of halogens is 15. The van der Waals surface area contributed by atoms with Gasteiger partial charge >= 0.3 is 36.6 Å². The summed E-state index contributed by atoms with van der Waals surface area (Å²) < 4.78 is 185. The third-order valence-corrected chi connectivity index (χ3v) is 14.1. The Kier molecular flexibility index (Phi) is 25.6. The maximum atomic E-state index is 13.2. The van der Waals surface area contributed by atoms with Gasteiger partial charge in [-0.15, -0.1) is 0 Å². The summed E-state index contributed by atoms with van der Waals surface area (Å²) in [6, 6.07) is 13.2. The Morgan fingerprint density at radius 2 is 1.03 bits per heavy atom. The van der Waals surface area contributed by atoms with Crippen molar-refractivity contribution in [1.29, 1.82) is 0 Å². The summed E-state index contributed by atoms with van der Waals surface area (Å²) in [5, 5.41) is 36.0. The van der Waals surface area contributed by atoms with Gasteiger partial charge in [0.05, 0.1) is 53.1 Å². The third-order valence-electron chi connectivity index (χ3n) is 13.8. The lowest BCUT2D eigenvalue weighted by Gasteiger charge is -2.30. The van der Waals surface area contributed by atoms with Crippen molar-refractivity contribution >= 4 is 50.9 Å². The number of rotatable bonds is 10. The summed E-state index contributed by atoms with van der Waals surface area (Å²) in [4.78, 5) is 46.6. The van der Waals surface area contributed by atoms with Crippen molar-refractivity contribution in [2.75, 3.05) is 29.9 Å². The molecule has 4 atom stereocenters. The molecule has 0 spiro atoms. The molecule has 94 heavy (non-hydrogen) atoms. The van der Waals surface area contributed by atoms with Crippen molar-refractivity contribution in [3.63, 3.8) is 0 Å². The van der Waals surface area contributed by atoms with Crippen LogP contribution in [0.4, 0.5) is 72.8 Å². The van der Waals surface area contributed by atoms with Gasteiger partial charge in [-0.1, -0.05) is 15.9 Å². The van der Waals surface area contributed by atoms with Crippen molar-refractivity contribution in [3.05, 3.63) is 154 Å². The number of aliphatic carboxylic acids is 1. The van der Waals surface area contributed by atoms with Crippen LogP contribution < -0.4 is 10.2 Å². The number of H-pyrrole nitrogens is 1. The number of aryl methyl sites for hydroxylation is 4. The van der Waals surface area contributed by atoms with Gasteiger partial charge < -0.3 is 20.1 Å². The standard InChI is InChI=1S/C20H19F4N5O.C12H12FN3.C9H11F3N2O.C8H9F3N2O2.C5H9BrO2.C5H5F3N2/c1-12-10-18(20(22,23)24)26-28(12)13(2)19(30)27-9-3-4-16-17(27)11-25-29(16)15-7-5-14(21)6-8-15;13-9-3-5-10(6-4-9)16-12-2-1-7-14-11(12)8-15-16;1-5-4-8(9(10,11)12)13-14(5)6(2)7(3)15;1-4-3-6(8(9,10)11)12-13(4)5(2)7(14)15;1-3-8-5(7)4(2)6;1-3-2-4(10-9-3)5(6,7)8/h5-8,10-11,13H,3-4,9H2,1-2H3;3-6,8,14H,1-2,7H2;4,6H,1-3H3;3,5H,1-2H3,(H,14,15);4H,3H2,1-2H3;2H,1H3,(H,9,10). The number of esters is 1. The number of aromatic nitrogens is 12. The SMILES string of the molecule is CC(=O)C(C)n1nc(C(F)(F)F)cc1C.CCOC(=O)C(C)Br.Cc1cc(C(F)(F)F)n[nH]1.Cc1cc(C(F)(F)F)nn1C(C)C(=O)N1CCCc2c1cnn2-c1ccc(F)cc1.Cc1cc(C(F)(F)F)nn1C(C)C(=O)O.Fc1ccc(-n2ncc3c2CCCN3)cc1. The van der Waals surface area contributed by atoms with Crippen LogP contribution in [0.25, 0.3) is 11.4 Å². The highest BCUT2D eigenvalue weighted by Gasteiger charge is 2.39. The Morgan fingerprint density at radius 3 is 1.40 bits per heavy atom. The summed E-state index contributed by atoms with van der Waals surface area (Å²) in [7, 11) is 0. The molecule has 10 rings (SSSR count). The number of hydrogen-bond acceptors (Lipinski definition) is 12. The van der Waals surface area contributed by atoms with Crippen LogP contribution in [0.5, 0.6) is 0 Å². The summed E-state index contributed by atoms with van der Waals surface area (Å²) in [6.45, 7) is 16.9. The Bertz CT molecular complexity index is 3750. The van der Waals surface area contributed by atoms with Crippen molar-refractivity contribution in [2.24, 2.45) is 0 Å². The number of carbonyl (C=O) groups excluding carboxylic acids is 3. The lowest BCUT2D eigenvalue weighted by Crippen LogP contribution is -2.40. The van der Waals surface area contributed by atoms with Crippen molar-refractivity contribution in [1.82, 2.24) is 59.1 Å². The fourth-order valence-electron chi connectivity index (χ4n) is 8.91. The molecule has 0 saturated heterocycles. The fourth-order valence-corrected chi connectivity index (χ4v) is 9.04. The van der Waals surface area contributed by atoms with E-state index in [1.165, 1.54) is 90.2 Å². The van der Waals surface area contributed by atoms with E-state index >= 15 is 0 Å². The van der Waals surface area contributed by atoms with Crippen LogP contribution in [0.15, 0.2) is 85.2 Å². The molecule has 512 valence electrons. The van der Waals surface area contributed by atoms with E-state index in [4.69, 9.17) is 5.11 Å². The summed E-state index contributed by atoms with van der Waals surface area (Å²) in [5.74, 6) is -2.60. The third kappa shape index (κ3) is 20.3. The van der Waals surface area contributed by atoms with E-state index in [2.05, 4.69) is 61.7 Å². The van der Waals surface area contributed by atoms with Crippen LogP contribution in [-0.2, 0) is 61.5 Å². The molecule has 3 N–H and O–H groups in total. The number of Topliss-reactive ketones (excluding diaryl/α,β-unsaturated/α-hetero) is 1. The van der Waals surface area contributed by atoms with Crippen LogP contribution >= 0.6 is 15.9 Å². The number of anilines is 2. The molecule has 4 unspecified atom stereocenters. The molecule has 6 aromatic heterocycles. The molecule has 8 heterocycles. The number of fused-ring (bicyclic) bond motifs is 2. The van der Waals surface area contributed by atoms with Crippen LogP contribution in [0.2, 0.25) is 0 Å². The maximum absolute atomic E-state index is 13.2. The number of nitrogens with zero attached hydrogens (tertiary/aromatic N) is 12. The van der Waals surface area contributed by atoms with Crippen LogP contribution in [0, 0.1) is 39.3 Å². The van der Waals surface area contributed by atoms with Gasteiger partial charge in [-0.3, -0.25) is 33.5 Å². The number of carbonyl (C=O) groups is 4. The number of aromatic amines is 1. The van der Waals surface area contributed by atoms with Crippen LogP contribution in [0.1, 0.15) is 129 Å². The van der Waals surface area contributed by atoms with Crippen LogP contribution in [-0.4, -0.2) is 112 Å². The molecule has 2 aliphatic rings. The molecule has 8 aromatic rings. The Morgan fingerprint density at radius 1 is 0.606 bits per heavy atom. The zero-order valence-corrected chi connectivity index (χ0v) is 53.5. The van der Waals surface area contributed by atoms with Gasteiger partial charge in [0.2, 0.25) is 0 Å². The monoisotopic (exact) mass is 1410 g/mol. The Hall–Kier alpha value is -8.92. The molecule has 2 aliphatic heterocycles. The molecule has 0 aliphatic carbocycles. The van der Waals surface area contributed by atoms with E-state index in [0.717, 1.165) is 74.8 Å². The zero-order valence-electron chi connectivity index (χ0n) is 51.9. The highest BCUT2D eigenvalue weighted by molar-refractivity contribution is 9.10. The van der Waals surface area contributed by atoms with Crippen molar-refractivity contribution < 1.29 is 90.5 Å². The molecular formula is C59H65BrF14N14O6. The van der Waals surface area contributed by atoms with E-state index in [-0.39, 0.29) is 45.5 Å². The topological polar surface area (TPSA) is 231 Å². The minimum atomic E-state index is -4.58. The number of ketones is 1. The molecule has 0 saturated carbocycles. The number of carboxylic acids is 1. The van der Waals surface area contributed by atoms with Gasteiger partial charge in [-0.25, -0.2) is 22.9 Å². The van der Waals surface area contributed by atoms with E-state index in [1.807, 2.05) is 10.9 Å². The first kappa shape index (κ1) is 75.8. The first-order chi connectivity index (χ1) is 43.6. The quantitative estimate of drug-likeness (QED) is 0.0658. The number of nitrogens with one attached hydrogen (secondary N) is 2. The average molecular weight is 1410 g/mol. The second-order valence-electron chi connectivity index (χ2n) is 21.0. The predicted octanol–water partition coefficient (Wildman–Crippen LogP) is 13.7. The highest BCUT2D eigenvalue weighted by atomic mass is 79.9. The average Bonchev–Trinajstić information content (AvgIpc) is 1.61. The number of carboxylic acid groups (broad SMARTS) is 1. The Balaban J connectivity index is 0.000000217. The number of benzene rings is 2. The minimum Gasteiger partial charge on any atom is -0.480 e. The molecule has 2 aromatic carbocycles. The molecule has 1 amide bonds. The summed E-state index contributed by atoms with van der Waals surface area (Å²) >= 11 is 3.07. The van der Waals surface area contributed by atoms with Gasteiger partial charge in [0.15, 0.2) is 28.6 Å². The van der Waals surface area contributed by atoms with E-state index in [0.29, 0.717) is 48.8 Å². The summed E-state index contributed by atoms with van der Waals surface area (Å²) in [6.07, 6.45) is -11.1. The molecule has 0 fully saturated rings. The molecule has 0 bridgehead atoms. The van der Waals surface area contributed by atoms with Crippen LogP contribution in [0.3, 0.4) is 0 Å². The van der Waals surface area contributed by atoms with Crippen molar-refractivity contribution in [3.8, 4) is 11.4 Å². The maximum Gasteiger partial charge on any atom is 0.435 e. The number of alkyl halides is 13. The number of amides is 1. The zero-order chi connectivity index (χ0) is 70.5. The number of hydrogen-bond donors (Lipinski definition) is 3. The first-order valence-corrected chi connectivity index (χ1v) is 29.3. The number of ether oxygens (including phenoxy) is 1. The van der Waals surface area contributed by atoms with Gasteiger partial charge in [0.25, 0.3) is 5.91 Å². The van der Waals surface area contributed by atoms with E-state index < -0.39 is 71.6 Å². The first-order valence-electron chi connectivity index (χ1n) is 28.4. The molecule has 35 heteroatoms. The second kappa shape index (κ2) is 31.8. The summed E-state index contributed by atoms with van der Waals surface area (Å²) in [5.41, 5.74) is 2.45. The van der Waals surface area contributed by atoms with Gasteiger partial charge in [0.1, 0.15) is 34.6 Å². The molecular weight excluding hydrogens is 1350 g/mol. The Labute approximate surface area is 536 Å².